The maximum atomic E-state index is 6.44. The Morgan fingerprint density at radius 2 is 1.44 bits per heavy atom. The van der Waals surface area contributed by atoms with Gasteiger partial charge in [0.25, 0.3) is 0 Å². The van der Waals surface area contributed by atoms with E-state index in [-0.39, 0.29) is 0 Å². The van der Waals surface area contributed by atoms with Crippen LogP contribution in [0.3, 0.4) is 0 Å². The van der Waals surface area contributed by atoms with E-state index in [1.54, 1.807) is 0 Å². The summed E-state index contributed by atoms with van der Waals surface area (Å²) >= 11 is 6.44. The summed E-state index contributed by atoms with van der Waals surface area (Å²) in [5.41, 5.74) is 0. The number of hydrogen-bond donors (Lipinski definition) is 1. The van der Waals surface area contributed by atoms with Crippen molar-refractivity contribution >= 4 is 11.6 Å². The molecule has 2 atom stereocenters. The zero-order valence-electron chi connectivity index (χ0n) is 10.4. The lowest BCUT2D eigenvalue weighted by Crippen LogP contribution is -2.39. The van der Waals surface area contributed by atoms with Crippen LogP contribution in [0.2, 0.25) is 0 Å². The predicted octanol–water partition coefficient (Wildman–Crippen LogP) is 4.10. The molecule has 0 aromatic heterocycles. The van der Waals surface area contributed by atoms with Crippen molar-refractivity contribution in [3.63, 3.8) is 0 Å². The predicted molar refractivity (Wildman–Crippen MR) is 71.1 cm³/mol. The maximum Gasteiger partial charge on any atom is 0.0489 e. The summed E-state index contributed by atoms with van der Waals surface area (Å²) in [6.45, 7) is 1.22. The minimum Gasteiger partial charge on any atom is -0.312 e. The van der Waals surface area contributed by atoms with Crippen LogP contribution in [-0.4, -0.2) is 18.0 Å². The minimum absolute atomic E-state index is 0.381. The molecule has 2 fully saturated rings. The summed E-state index contributed by atoms with van der Waals surface area (Å²) < 4.78 is 0. The fourth-order valence-corrected chi connectivity index (χ4v) is 3.57. The molecule has 1 nitrogen and oxygen atoms in total. The van der Waals surface area contributed by atoms with Gasteiger partial charge in [-0.1, -0.05) is 38.5 Å². The van der Waals surface area contributed by atoms with Gasteiger partial charge in [0, 0.05) is 11.4 Å². The fraction of sp³-hybridized carbons (Fsp3) is 1.00. The molecule has 2 heteroatoms. The monoisotopic (exact) mass is 243 g/mol. The van der Waals surface area contributed by atoms with Crippen molar-refractivity contribution in [1.29, 1.82) is 0 Å². The lowest BCUT2D eigenvalue weighted by molar-refractivity contribution is 0.320. The first-order valence-electron chi connectivity index (χ1n) is 7.24. The third-order valence-corrected chi connectivity index (χ3v) is 4.85. The summed E-state index contributed by atoms with van der Waals surface area (Å²) in [4.78, 5) is 0. The Morgan fingerprint density at radius 3 is 2.19 bits per heavy atom. The highest BCUT2D eigenvalue weighted by Gasteiger charge is 2.22. The second-order valence-corrected chi connectivity index (χ2v) is 6.23. The van der Waals surface area contributed by atoms with E-state index >= 15 is 0 Å². The van der Waals surface area contributed by atoms with Gasteiger partial charge in [-0.3, -0.25) is 0 Å². The van der Waals surface area contributed by atoms with Gasteiger partial charge < -0.3 is 5.32 Å². The van der Waals surface area contributed by atoms with E-state index in [4.69, 9.17) is 11.6 Å². The lowest BCUT2D eigenvalue weighted by Gasteiger charge is -2.27. The van der Waals surface area contributed by atoms with Crippen LogP contribution >= 0.6 is 11.6 Å². The summed E-state index contributed by atoms with van der Waals surface area (Å²) in [6.07, 6.45) is 13.8. The molecule has 2 saturated carbocycles. The van der Waals surface area contributed by atoms with Gasteiger partial charge in [0.1, 0.15) is 0 Å². The first kappa shape index (κ1) is 12.7. The minimum atomic E-state index is 0.381. The molecule has 2 aliphatic rings. The SMILES string of the molecule is ClC1CCCCCC1NCC1CCCCC1. The normalized spacial score (nSPS) is 33.6. The Morgan fingerprint density at radius 1 is 0.812 bits per heavy atom. The molecule has 0 amide bonds. The van der Waals surface area contributed by atoms with E-state index in [0.29, 0.717) is 11.4 Å². The van der Waals surface area contributed by atoms with Gasteiger partial charge in [-0.2, -0.15) is 0 Å². The molecule has 0 aromatic carbocycles. The molecular weight excluding hydrogens is 218 g/mol. The molecule has 0 aromatic rings. The molecule has 94 valence electrons. The standard InChI is InChI=1S/C14H26ClN/c15-13-9-5-2-6-10-14(13)16-11-12-7-3-1-4-8-12/h12-14,16H,1-11H2. The van der Waals surface area contributed by atoms with Crippen LogP contribution in [0.15, 0.2) is 0 Å². The van der Waals surface area contributed by atoms with Crippen LogP contribution in [0.25, 0.3) is 0 Å². The molecule has 0 radical (unpaired) electrons. The number of hydrogen-bond acceptors (Lipinski definition) is 1. The van der Waals surface area contributed by atoms with E-state index in [1.807, 2.05) is 0 Å². The summed E-state index contributed by atoms with van der Waals surface area (Å²) in [6, 6.07) is 0.589. The number of alkyl halides is 1. The summed E-state index contributed by atoms with van der Waals surface area (Å²) in [5.74, 6) is 0.931. The molecule has 0 aliphatic heterocycles. The topological polar surface area (TPSA) is 12.0 Å². The van der Waals surface area contributed by atoms with E-state index in [2.05, 4.69) is 5.32 Å². The molecule has 0 bridgehead atoms. The van der Waals surface area contributed by atoms with E-state index in [1.165, 1.54) is 70.8 Å². The zero-order chi connectivity index (χ0) is 11.2. The number of rotatable bonds is 3. The Bertz CT molecular complexity index is 189. The molecule has 2 rings (SSSR count). The molecule has 0 heterocycles. The Hall–Kier alpha value is 0.250. The van der Waals surface area contributed by atoms with Gasteiger partial charge in [0.2, 0.25) is 0 Å². The van der Waals surface area contributed by atoms with E-state index in [0.717, 1.165) is 5.92 Å². The van der Waals surface area contributed by atoms with Crippen molar-refractivity contribution in [1.82, 2.24) is 5.32 Å². The molecular formula is C14H26ClN. The first-order chi connectivity index (χ1) is 7.86. The summed E-state index contributed by atoms with van der Waals surface area (Å²) in [7, 11) is 0. The van der Waals surface area contributed by atoms with Crippen molar-refractivity contribution in [2.24, 2.45) is 5.92 Å². The third-order valence-electron chi connectivity index (χ3n) is 4.33. The van der Waals surface area contributed by atoms with Crippen LogP contribution in [0.4, 0.5) is 0 Å². The fourth-order valence-electron chi connectivity index (χ4n) is 3.20. The average Bonchev–Trinajstić information content (AvgIpc) is 2.53. The Labute approximate surface area is 105 Å². The zero-order valence-corrected chi connectivity index (χ0v) is 11.1. The first-order valence-corrected chi connectivity index (χ1v) is 7.67. The van der Waals surface area contributed by atoms with Crippen molar-refractivity contribution in [2.75, 3.05) is 6.54 Å². The molecule has 16 heavy (non-hydrogen) atoms. The second kappa shape index (κ2) is 6.86. The van der Waals surface area contributed by atoms with Gasteiger partial charge in [0.05, 0.1) is 0 Å². The van der Waals surface area contributed by atoms with E-state index in [9.17, 15) is 0 Å². The largest absolute Gasteiger partial charge is 0.312 e. The van der Waals surface area contributed by atoms with Gasteiger partial charge >= 0.3 is 0 Å². The highest BCUT2D eigenvalue weighted by atomic mass is 35.5. The van der Waals surface area contributed by atoms with Crippen LogP contribution in [0.5, 0.6) is 0 Å². The number of halogens is 1. The Balaban J connectivity index is 1.70. The quantitative estimate of drug-likeness (QED) is 0.582. The molecule has 0 spiro atoms. The summed E-state index contributed by atoms with van der Waals surface area (Å²) in [5, 5.41) is 4.13. The van der Waals surface area contributed by atoms with Crippen LogP contribution in [0, 0.1) is 5.92 Å². The second-order valence-electron chi connectivity index (χ2n) is 5.67. The van der Waals surface area contributed by atoms with Crippen LogP contribution < -0.4 is 5.32 Å². The molecule has 2 aliphatic carbocycles. The average molecular weight is 244 g/mol. The molecule has 0 saturated heterocycles. The van der Waals surface area contributed by atoms with Crippen molar-refractivity contribution in [3.8, 4) is 0 Å². The van der Waals surface area contributed by atoms with Crippen molar-refractivity contribution in [2.45, 2.75) is 75.6 Å². The third kappa shape index (κ3) is 3.92. The van der Waals surface area contributed by atoms with Gasteiger partial charge in [-0.25, -0.2) is 0 Å². The number of nitrogens with one attached hydrogen (secondary N) is 1. The Kier molecular flexibility index (Phi) is 5.44. The highest BCUT2D eigenvalue weighted by molar-refractivity contribution is 6.21. The van der Waals surface area contributed by atoms with Gasteiger partial charge in [-0.05, 0) is 38.1 Å². The van der Waals surface area contributed by atoms with Gasteiger partial charge in [-0.15, -0.1) is 11.6 Å². The van der Waals surface area contributed by atoms with Crippen molar-refractivity contribution < 1.29 is 0 Å². The van der Waals surface area contributed by atoms with Gasteiger partial charge in [0.15, 0.2) is 0 Å². The molecule has 2 unspecified atom stereocenters. The van der Waals surface area contributed by atoms with Crippen LogP contribution in [0.1, 0.15) is 64.2 Å². The highest BCUT2D eigenvalue weighted by Crippen LogP contribution is 2.25. The van der Waals surface area contributed by atoms with Crippen molar-refractivity contribution in [3.05, 3.63) is 0 Å². The van der Waals surface area contributed by atoms with E-state index < -0.39 is 0 Å². The lowest BCUT2D eigenvalue weighted by atomic mass is 9.89. The molecule has 1 N–H and O–H groups in total. The van der Waals surface area contributed by atoms with Crippen LogP contribution in [-0.2, 0) is 0 Å². The maximum absolute atomic E-state index is 6.44. The smallest absolute Gasteiger partial charge is 0.0489 e.